The summed E-state index contributed by atoms with van der Waals surface area (Å²) in [7, 11) is -1.35. The topological polar surface area (TPSA) is 94.4 Å². The van der Waals surface area contributed by atoms with E-state index in [1.807, 2.05) is 42.9 Å². The average molecular weight is 441 g/mol. The Morgan fingerprint density at radius 3 is 2.84 bits per heavy atom. The van der Waals surface area contributed by atoms with Gasteiger partial charge in [-0.1, -0.05) is 0 Å². The van der Waals surface area contributed by atoms with Crippen molar-refractivity contribution in [3.63, 3.8) is 0 Å². The highest BCUT2D eigenvalue weighted by Crippen LogP contribution is 2.45. The summed E-state index contributed by atoms with van der Waals surface area (Å²) >= 11 is 0. The number of benzene rings is 1. The fourth-order valence-corrected chi connectivity index (χ4v) is 7.12. The number of nitrogens with zero attached hydrogens (tertiary/aromatic N) is 4. The van der Waals surface area contributed by atoms with Crippen molar-refractivity contribution >= 4 is 26.6 Å². The van der Waals surface area contributed by atoms with E-state index in [0.717, 1.165) is 16.6 Å². The van der Waals surface area contributed by atoms with E-state index >= 15 is 0 Å². The Kier molecular flexibility index (Phi) is 4.55. The molecule has 2 saturated heterocycles. The molecule has 2 aromatic heterocycles. The second kappa shape index (κ2) is 7.05. The van der Waals surface area contributed by atoms with Crippen molar-refractivity contribution in [3.8, 4) is 6.01 Å². The zero-order chi connectivity index (χ0) is 21.8. The first-order valence-corrected chi connectivity index (χ1v) is 11.9. The van der Waals surface area contributed by atoms with Crippen LogP contribution >= 0.6 is 0 Å². The lowest BCUT2D eigenvalue weighted by atomic mass is 9.83. The Balaban J connectivity index is 1.32. The molecule has 4 heterocycles. The van der Waals surface area contributed by atoms with E-state index < -0.39 is 14.6 Å². The quantitative estimate of drug-likeness (QED) is 0.616. The van der Waals surface area contributed by atoms with Crippen molar-refractivity contribution in [2.45, 2.75) is 18.1 Å². The van der Waals surface area contributed by atoms with Gasteiger partial charge in [0.1, 0.15) is 4.75 Å². The van der Waals surface area contributed by atoms with E-state index in [0.29, 0.717) is 12.0 Å². The van der Waals surface area contributed by atoms with E-state index in [9.17, 15) is 13.2 Å². The van der Waals surface area contributed by atoms with Crippen LogP contribution in [-0.4, -0.2) is 64.0 Å². The van der Waals surface area contributed by atoms with Crippen molar-refractivity contribution in [3.05, 3.63) is 54.0 Å². The van der Waals surface area contributed by atoms with Crippen LogP contribution < -0.4 is 4.74 Å². The van der Waals surface area contributed by atoms with E-state index in [-0.39, 0.29) is 43.3 Å². The third kappa shape index (κ3) is 3.18. The van der Waals surface area contributed by atoms with Crippen molar-refractivity contribution in [2.24, 2.45) is 13.0 Å². The largest absolute Gasteiger partial charge is 0.463 e. The van der Waals surface area contributed by atoms with Crippen LogP contribution in [0.4, 0.5) is 0 Å². The van der Waals surface area contributed by atoms with Gasteiger partial charge in [-0.25, -0.2) is 18.4 Å². The van der Waals surface area contributed by atoms with Crippen LogP contribution in [0.25, 0.3) is 10.9 Å². The number of carbonyl (C=O) groups excluding carboxylic acids is 1. The molecule has 2 fully saturated rings. The Hall–Kier alpha value is -2.94. The van der Waals surface area contributed by atoms with Crippen LogP contribution in [-0.2, 0) is 16.9 Å². The molecule has 9 heteroatoms. The Labute approximate surface area is 180 Å². The van der Waals surface area contributed by atoms with Gasteiger partial charge in [-0.3, -0.25) is 4.79 Å². The molecule has 0 saturated carbocycles. The first kappa shape index (κ1) is 20.0. The van der Waals surface area contributed by atoms with E-state index in [2.05, 4.69) is 9.97 Å². The van der Waals surface area contributed by atoms with Gasteiger partial charge in [0.25, 0.3) is 5.91 Å². The molecule has 1 spiro atoms. The molecular weight excluding hydrogens is 416 g/mol. The summed E-state index contributed by atoms with van der Waals surface area (Å²) < 4.78 is 32.6. The summed E-state index contributed by atoms with van der Waals surface area (Å²) in [5.41, 5.74) is 2.41. The molecule has 1 amide bonds. The summed E-state index contributed by atoms with van der Waals surface area (Å²) in [6.07, 6.45) is 4.09. The first-order valence-electron chi connectivity index (χ1n) is 10.3. The zero-order valence-corrected chi connectivity index (χ0v) is 18.3. The summed E-state index contributed by atoms with van der Waals surface area (Å²) in [5.74, 6) is -0.212. The molecule has 0 unspecified atom stereocenters. The molecular formula is C22H24N4O4S. The van der Waals surface area contributed by atoms with Gasteiger partial charge in [0.05, 0.1) is 12.4 Å². The lowest BCUT2D eigenvalue weighted by molar-refractivity contribution is 0.0403. The molecule has 5 rings (SSSR count). The maximum atomic E-state index is 13.0. The average Bonchev–Trinajstić information content (AvgIpc) is 3.21. The molecule has 1 aromatic carbocycles. The molecule has 31 heavy (non-hydrogen) atoms. The van der Waals surface area contributed by atoms with Gasteiger partial charge in [-0.2, -0.15) is 0 Å². The number of rotatable bonds is 4. The zero-order valence-electron chi connectivity index (χ0n) is 17.5. The number of hydrogen-bond donors (Lipinski definition) is 0. The van der Waals surface area contributed by atoms with Gasteiger partial charge in [0.2, 0.25) is 0 Å². The predicted molar refractivity (Wildman–Crippen MR) is 116 cm³/mol. The van der Waals surface area contributed by atoms with E-state index in [4.69, 9.17) is 4.74 Å². The standard InChI is InChI=1S/C22H24N4O4S/c1-15-5-8-23-21(24-15)30-12-18-7-10-31(28,29)22(18)13-26(14-22)20(27)17-3-4-19-16(11-17)6-9-25(19)2/h3-6,8-9,11,18H,7,10,12-14H2,1-2H3/t18-/m1/s1. The summed E-state index contributed by atoms with van der Waals surface area (Å²) in [4.78, 5) is 23.0. The van der Waals surface area contributed by atoms with Gasteiger partial charge >= 0.3 is 6.01 Å². The first-order chi connectivity index (χ1) is 14.8. The van der Waals surface area contributed by atoms with Crippen molar-refractivity contribution in [2.75, 3.05) is 25.4 Å². The van der Waals surface area contributed by atoms with Gasteiger partial charge in [0.15, 0.2) is 9.84 Å². The summed E-state index contributed by atoms with van der Waals surface area (Å²) in [6.45, 7) is 2.46. The normalized spacial score (nSPS) is 21.4. The van der Waals surface area contributed by atoms with E-state index in [1.54, 1.807) is 23.2 Å². The second-order valence-corrected chi connectivity index (χ2v) is 11.0. The van der Waals surface area contributed by atoms with Crippen LogP contribution in [0.15, 0.2) is 42.7 Å². The predicted octanol–water partition coefficient (Wildman–Crippen LogP) is 1.99. The van der Waals surface area contributed by atoms with Gasteiger partial charge in [-0.15, -0.1) is 0 Å². The molecule has 3 aromatic rings. The monoisotopic (exact) mass is 440 g/mol. The Bertz CT molecular complexity index is 1280. The molecule has 1 atom stereocenters. The third-order valence-electron chi connectivity index (χ3n) is 6.62. The van der Waals surface area contributed by atoms with Crippen LogP contribution in [0, 0.1) is 12.8 Å². The SMILES string of the molecule is Cc1ccnc(OC[C@H]2CCS(=O)(=O)C23CN(C(=O)c2ccc4c(ccn4C)c2)C3)n1. The minimum absolute atomic E-state index is 0.119. The minimum Gasteiger partial charge on any atom is -0.463 e. The smallest absolute Gasteiger partial charge is 0.316 e. The number of fused-ring (bicyclic) bond motifs is 1. The van der Waals surface area contributed by atoms with Crippen LogP contribution in [0.3, 0.4) is 0 Å². The lowest BCUT2D eigenvalue weighted by Gasteiger charge is -2.49. The molecule has 162 valence electrons. The van der Waals surface area contributed by atoms with E-state index in [1.165, 1.54) is 0 Å². The molecule has 0 aliphatic carbocycles. The lowest BCUT2D eigenvalue weighted by Crippen LogP contribution is -2.68. The fourth-order valence-electron chi connectivity index (χ4n) is 4.72. The van der Waals surface area contributed by atoms with Crippen molar-refractivity contribution < 1.29 is 17.9 Å². The number of likely N-dealkylation sites (tertiary alicyclic amines) is 1. The highest BCUT2D eigenvalue weighted by molar-refractivity contribution is 7.93. The third-order valence-corrected chi connectivity index (χ3v) is 9.22. The molecule has 0 N–H and O–H groups in total. The number of aromatic nitrogens is 3. The molecule has 8 nitrogen and oxygen atoms in total. The molecule has 2 aliphatic rings. The van der Waals surface area contributed by atoms with Crippen LogP contribution in [0.1, 0.15) is 22.5 Å². The maximum Gasteiger partial charge on any atom is 0.316 e. The molecule has 0 radical (unpaired) electrons. The minimum atomic E-state index is -3.31. The highest BCUT2D eigenvalue weighted by Gasteiger charge is 2.62. The maximum absolute atomic E-state index is 13.0. The van der Waals surface area contributed by atoms with Crippen molar-refractivity contribution in [1.82, 2.24) is 19.4 Å². The number of hydrogen-bond acceptors (Lipinski definition) is 6. The number of ether oxygens (including phenoxy) is 1. The van der Waals surface area contributed by atoms with Gasteiger partial charge < -0.3 is 14.2 Å². The number of carbonyl (C=O) groups is 1. The Morgan fingerprint density at radius 2 is 2.06 bits per heavy atom. The summed E-state index contributed by atoms with van der Waals surface area (Å²) in [5, 5.41) is 0.988. The summed E-state index contributed by atoms with van der Waals surface area (Å²) in [6, 6.07) is 9.57. The number of aryl methyl sites for hydroxylation is 2. The van der Waals surface area contributed by atoms with Crippen LogP contribution in [0.5, 0.6) is 6.01 Å². The van der Waals surface area contributed by atoms with Gasteiger partial charge in [0, 0.05) is 60.6 Å². The van der Waals surface area contributed by atoms with Gasteiger partial charge in [-0.05, 0) is 43.7 Å². The Morgan fingerprint density at radius 1 is 1.26 bits per heavy atom. The highest BCUT2D eigenvalue weighted by atomic mass is 32.2. The number of amides is 1. The molecule has 2 aliphatic heterocycles. The van der Waals surface area contributed by atoms with Crippen molar-refractivity contribution in [1.29, 1.82) is 0 Å². The number of sulfone groups is 1. The second-order valence-electron chi connectivity index (χ2n) is 8.52. The van der Waals surface area contributed by atoms with Crippen LogP contribution in [0.2, 0.25) is 0 Å². The fraction of sp³-hybridized carbons (Fsp3) is 0.409. The molecule has 0 bridgehead atoms.